The van der Waals surface area contributed by atoms with Gasteiger partial charge in [0.1, 0.15) is 13.2 Å². The Morgan fingerprint density at radius 3 is 2.84 bits per heavy atom. The van der Waals surface area contributed by atoms with E-state index in [9.17, 15) is 0 Å². The summed E-state index contributed by atoms with van der Waals surface area (Å²) in [6, 6.07) is 2.24. The molecule has 1 aromatic rings. The highest BCUT2D eigenvalue weighted by molar-refractivity contribution is 6.31. The van der Waals surface area contributed by atoms with E-state index in [1.807, 2.05) is 6.07 Å². The first-order chi connectivity index (χ1) is 9.22. The van der Waals surface area contributed by atoms with Gasteiger partial charge in [0.2, 0.25) is 0 Å². The molecule has 4 heteroatoms. The van der Waals surface area contributed by atoms with Gasteiger partial charge in [-0.25, -0.2) is 0 Å². The second-order valence-electron chi connectivity index (χ2n) is 5.30. The molecule has 0 radical (unpaired) electrons. The van der Waals surface area contributed by atoms with Crippen LogP contribution in [0.1, 0.15) is 49.8 Å². The lowest BCUT2D eigenvalue weighted by Crippen LogP contribution is -2.28. The lowest BCUT2D eigenvalue weighted by Gasteiger charge is -2.34. The number of rotatable bonds is 2. The SMILES string of the molecule is CCNC1CCC(C)c2c(Cl)cc3c(c21)OCCO3. The number of nitrogens with one attached hydrogen (secondary N) is 1. The molecular formula is C15H20ClNO2. The van der Waals surface area contributed by atoms with Crippen LogP contribution in [0.3, 0.4) is 0 Å². The zero-order chi connectivity index (χ0) is 13.4. The normalized spacial score (nSPS) is 25.0. The van der Waals surface area contributed by atoms with Crippen molar-refractivity contribution in [1.29, 1.82) is 0 Å². The van der Waals surface area contributed by atoms with Crippen molar-refractivity contribution < 1.29 is 9.47 Å². The maximum Gasteiger partial charge on any atom is 0.166 e. The molecule has 0 saturated carbocycles. The van der Waals surface area contributed by atoms with E-state index < -0.39 is 0 Å². The molecule has 1 aliphatic carbocycles. The molecule has 0 fully saturated rings. The van der Waals surface area contributed by atoms with Crippen molar-refractivity contribution in [2.45, 2.75) is 38.6 Å². The Hall–Kier alpha value is -0.930. The van der Waals surface area contributed by atoms with E-state index in [-0.39, 0.29) is 0 Å². The molecule has 2 aliphatic rings. The quantitative estimate of drug-likeness (QED) is 0.897. The van der Waals surface area contributed by atoms with Gasteiger partial charge in [-0.1, -0.05) is 25.4 Å². The molecule has 0 aromatic heterocycles. The second-order valence-corrected chi connectivity index (χ2v) is 5.71. The van der Waals surface area contributed by atoms with Crippen LogP contribution in [0.15, 0.2) is 6.07 Å². The summed E-state index contributed by atoms with van der Waals surface area (Å²) >= 11 is 6.48. The van der Waals surface area contributed by atoms with Crippen LogP contribution in [0.5, 0.6) is 11.5 Å². The summed E-state index contributed by atoms with van der Waals surface area (Å²) < 4.78 is 11.6. The number of hydrogen-bond donors (Lipinski definition) is 1. The number of hydrogen-bond acceptors (Lipinski definition) is 3. The van der Waals surface area contributed by atoms with Crippen LogP contribution < -0.4 is 14.8 Å². The highest BCUT2D eigenvalue weighted by Crippen LogP contribution is 2.50. The first kappa shape index (κ1) is 13.1. The summed E-state index contributed by atoms with van der Waals surface area (Å²) in [6.45, 7) is 6.54. The van der Waals surface area contributed by atoms with Gasteiger partial charge in [-0.3, -0.25) is 0 Å². The predicted molar refractivity (Wildman–Crippen MR) is 76.5 cm³/mol. The van der Waals surface area contributed by atoms with Gasteiger partial charge in [0, 0.05) is 22.7 Å². The summed E-state index contributed by atoms with van der Waals surface area (Å²) in [5.74, 6) is 2.18. The summed E-state index contributed by atoms with van der Waals surface area (Å²) in [5, 5.41) is 4.36. The Morgan fingerprint density at radius 2 is 2.05 bits per heavy atom. The van der Waals surface area contributed by atoms with Crippen molar-refractivity contribution in [1.82, 2.24) is 5.32 Å². The fraction of sp³-hybridized carbons (Fsp3) is 0.600. The monoisotopic (exact) mass is 281 g/mol. The molecule has 1 heterocycles. The third-order valence-corrected chi connectivity index (χ3v) is 4.35. The van der Waals surface area contributed by atoms with Crippen LogP contribution in [-0.2, 0) is 0 Å². The third kappa shape index (κ3) is 2.19. The molecule has 2 atom stereocenters. The molecule has 1 aliphatic heterocycles. The summed E-state index contributed by atoms with van der Waals surface area (Å²) in [5.41, 5.74) is 2.46. The van der Waals surface area contributed by atoms with Gasteiger partial charge in [0.25, 0.3) is 0 Å². The lowest BCUT2D eigenvalue weighted by molar-refractivity contribution is 0.167. The third-order valence-electron chi connectivity index (χ3n) is 4.04. The van der Waals surface area contributed by atoms with Crippen LogP contribution >= 0.6 is 11.6 Å². The first-order valence-corrected chi connectivity index (χ1v) is 7.45. The Kier molecular flexibility index (Phi) is 3.59. The van der Waals surface area contributed by atoms with E-state index >= 15 is 0 Å². The lowest BCUT2D eigenvalue weighted by atomic mass is 9.80. The fourth-order valence-electron chi connectivity index (χ4n) is 3.20. The fourth-order valence-corrected chi connectivity index (χ4v) is 3.58. The average molecular weight is 282 g/mol. The summed E-state index contributed by atoms with van der Waals surface area (Å²) in [7, 11) is 0. The molecular weight excluding hydrogens is 262 g/mol. The minimum Gasteiger partial charge on any atom is -0.486 e. The van der Waals surface area contributed by atoms with Crippen LogP contribution in [0.4, 0.5) is 0 Å². The highest BCUT2D eigenvalue weighted by atomic mass is 35.5. The zero-order valence-electron chi connectivity index (χ0n) is 11.5. The van der Waals surface area contributed by atoms with Crippen molar-refractivity contribution in [2.75, 3.05) is 19.8 Å². The Morgan fingerprint density at radius 1 is 1.26 bits per heavy atom. The van der Waals surface area contributed by atoms with Crippen molar-refractivity contribution in [3.63, 3.8) is 0 Å². The van der Waals surface area contributed by atoms with E-state index in [2.05, 4.69) is 19.2 Å². The average Bonchev–Trinajstić information content (AvgIpc) is 2.41. The molecule has 0 spiro atoms. The van der Waals surface area contributed by atoms with Crippen molar-refractivity contribution in [3.05, 3.63) is 22.2 Å². The molecule has 1 aromatic carbocycles. The van der Waals surface area contributed by atoms with Gasteiger partial charge in [0.15, 0.2) is 11.5 Å². The maximum absolute atomic E-state index is 6.48. The second kappa shape index (κ2) is 5.22. The topological polar surface area (TPSA) is 30.5 Å². The van der Waals surface area contributed by atoms with Crippen molar-refractivity contribution >= 4 is 11.6 Å². The number of benzene rings is 1. The summed E-state index contributed by atoms with van der Waals surface area (Å²) in [4.78, 5) is 0. The molecule has 0 bridgehead atoms. The molecule has 0 amide bonds. The van der Waals surface area contributed by atoms with Gasteiger partial charge in [-0.2, -0.15) is 0 Å². The first-order valence-electron chi connectivity index (χ1n) is 7.07. The maximum atomic E-state index is 6.48. The van der Waals surface area contributed by atoms with Gasteiger partial charge in [0.05, 0.1) is 0 Å². The standard InChI is InChI=1S/C15H20ClNO2/c1-3-17-11-5-4-9(2)13-10(16)8-12-15(14(11)13)19-7-6-18-12/h8-9,11,17H,3-7H2,1-2H3. The van der Waals surface area contributed by atoms with E-state index in [4.69, 9.17) is 21.1 Å². The highest BCUT2D eigenvalue weighted by Gasteiger charge is 2.33. The van der Waals surface area contributed by atoms with Crippen LogP contribution in [0.2, 0.25) is 5.02 Å². The van der Waals surface area contributed by atoms with Crippen molar-refractivity contribution in [2.24, 2.45) is 0 Å². The molecule has 0 saturated heterocycles. The van der Waals surface area contributed by atoms with E-state index in [0.717, 1.165) is 35.9 Å². The molecule has 104 valence electrons. The van der Waals surface area contributed by atoms with Gasteiger partial charge < -0.3 is 14.8 Å². The molecule has 3 rings (SSSR count). The van der Waals surface area contributed by atoms with Gasteiger partial charge in [-0.15, -0.1) is 0 Å². The number of fused-ring (bicyclic) bond motifs is 3. The molecule has 2 unspecified atom stereocenters. The number of halogens is 1. The van der Waals surface area contributed by atoms with Crippen LogP contribution in [-0.4, -0.2) is 19.8 Å². The van der Waals surface area contributed by atoms with Gasteiger partial charge in [-0.05, 0) is 30.9 Å². The minimum absolute atomic E-state index is 0.324. The Balaban J connectivity index is 2.16. The molecule has 3 nitrogen and oxygen atoms in total. The Bertz CT molecular complexity index is 490. The molecule has 1 N–H and O–H groups in total. The zero-order valence-corrected chi connectivity index (χ0v) is 12.2. The smallest absolute Gasteiger partial charge is 0.166 e. The Labute approximate surface area is 119 Å². The van der Waals surface area contributed by atoms with Crippen LogP contribution in [0, 0.1) is 0 Å². The predicted octanol–water partition coefficient (Wildman–Crippen LogP) is 3.66. The molecule has 19 heavy (non-hydrogen) atoms. The van der Waals surface area contributed by atoms with E-state index in [0.29, 0.717) is 25.2 Å². The minimum atomic E-state index is 0.324. The largest absolute Gasteiger partial charge is 0.486 e. The van der Waals surface area contributed by atoms with Crippen LogP contribution in [0.25, 0.3) is 0 Å². The van der Waals surface area contributed by atoms with E-state index in [1.54, 1.807) is 0 Å². The summed E-state index contributed by atoms with van der Waals surface area (Å²) in [6.07, 6.45) is 2.28. The van der Waals surface area contributed by atoms with Crippen molar-refractivity contribution in [3.8, 4) is 11.5 Å². The van der Waals surface area contributed by atoms with Gasteiger partial charge >= 0.3 is 0 Å². The number of ether oxygens (including phenoxy) is 2. The van der Waals surface area contributed by atoms with E-state index in [1.165, 1.54) is 11.1 Å².